The molecule has 0 fully saturated rings. The Hall–Kier alpha value is -2.66. The van der Waals surface area contributed by atoms with Crippen LogP contribution < -0.4 is 0 Å². The van der Waals surface area contributed by atoms with Gasteiger partial charge in [-0.2, -0.15) is 0 Å². The fraction of sp³-hybridized carbons (Fsp3) is 0.417. The summed E-state index contributed by atoms with van der Waals surface area (Å²) in [4.78, 5) is 22.4. The van der Waals surface area contributed by atoms with E-state index in [1.54, 1.807) is 0 Å². The van der Waals surface area contributed by atoms with Crippen molar-refractivity contribution in [2.75, 3.05) is 33.2 Å². The maximum Gasteiger partial charge on any atom is 0.272 e. The molecule has 0 atom stereocenters. The number of amides is 1. The minimum atomic E-state index is 0.0651. The van der Waals surface area contributed by atoms with Crippen molar-refractivity contribution in [3.05, 3.63) is 53.9 Å². The fourth-order valence-corrected chi connectivity index (χ4v) is 3.78. The second-order valence-corrected chi connectivity index (χ2v) is 7.42. The molecular weight excluding hydrogens is 360 g/mol. The minimum absolute atomic E-state index is 0.0651. The van der Waals surface area contributed by atoms with E-state index in [4.69, 9.17) is 4.98 Å². The smallest absolute Gasteiger partial charge is 0.272 e. The van der Waals surface area contributed by atoms with Crippen LogP contribution >= 0.6 is 0 Å². The molecule has 5 nitrogen and oxygen atoms in total. The maximum absolute atomic E-state index is 13.4. The molecule has 0 N–H and O–H groups in total. The average molecular weight is 393 g/mol. The van der Waals surface area contributed by atoms with Crippen LogP contribution in [0.4, 0.5) is 0 Å². The van der Waals surface area contributed by atoms with Crippen molar-refractivity contribution in [1.29, 1.82) is 0 Å². The molecule has 5 heteroatoms. The summed E-state index contributed by atoms with van der Waals surface area (Å²) >= 11 is 0. The Balaban J connectivity index is 2.03. The molecule has 0 radical (unpaired) electrons. The zero-order valence-corrected chi connectivity index (χ0v) is 18.3. The molecular formula is C24H32N4O. The number of likely N-dealkylation sites (N-methyl/N-ethyl adjacent to an activating group) is 2. The van der Waals surface area contributed by atoms with E-state index in [2.05, 4.69) is 60.7 Å². The van der Waals surface area contributed by atoms with Crippen LogP contribution in [-0.4, -0.2) is 58.5 Å². The van der Waals surface area contributed by atoms with E-state index in [0.29, 0.717) is 18.8 Å². The lowest BCUT2D eigenvalue weighted by Crippen LogP contribution is -2.38. The fourth-order valence-electron chi connectivity index (χ4n) is 3.78. The Bertz CT molecular complexity index is 986. The molecule has 0 aliphatic heterocycles. The third kappa shape index (κ3) is 4.20. The predicted molar refractivity (Wildman–Crippen MR) is 120 cm³/mol. The second kappa shape index (κ2) is 9.23. The van der Waals surface area contributed by atoms with Crippen LogP contribution in [0, 0.1) is 6.92 Å². The molecule has 3 aromatic rings. The lowest BCUT2D eigenvalue weighted by molar-refractivity contribution is 0.0739. The monoisotopic (exact) mass is 392 g/mol. The minimum Gasteiger partial charge on any atom is -0.336 e. The second-order valence-electron chi connectivity index (χ2n) is 7.42. The van der Waals surface area contributed by atoms with Crippen LogP contribution in [0.2, 0.25) is 0 Å². The van der Waals surface area contributed by atoms with Crippen LogP contribution in [0.3, 0.4) is 0 Å². The van der Waals surface area contributed by atoms with E-state index in [-0.39, 0.29) is 5.91 Å². The summed E-state index contributed by atoms with van der Waals surface area (Å²) in [7, 11) is 2.08. The molecule has 2 aromatic carbocycles. The number of hydrogen-bond acceptors (Lipinski definition) is 3. The van der Waals surface area contributed by atoms with Crippen LogP contribution in [0.1, 0.15) is 37.0 Å². The van der Waals surface area contributed by atoms with Crippen LogP contribution in [-0.2, 0) is 6.54 Å². The van der Waals surface area contributed by atoms with Gasteiger partial charge in [0.2, 0.25) is 0 Å². The van der Waals surface area contributed by atoms with Crippen molar-refractivity contribution >= 4 is 16.7 Å². The molecule has 0 saturated heterocycles. The lowest BCUT2D eigenvalue weighted by Gasteiger charge is -2.24. The number of carbonyl (C=O) groups excluding carboxylic acids is 1. The largest absolute Gasteiger partial charge is 0.336 e. The standard InChI is InChI=1S/C24H32N4O/c1-6-26(5)16-17-27(7-2)24(29)22-18(4)25-23(28(22)8-3)21-15-11-13-19-12-9-10-14-20(19)21/h9-15H,6-8,16-17H2,1-5H3. The van der Waals surface area contributed by atoms with E-state index in [1.807, 2.05) is 30.9 Å². The lowest BCUT2D eigenvalue weighted by atomic mass is 10.0. The van der Waals surface area contributed by atoms with Gasteiger partial charge in [-0.05, 0) is 45.1 Å². The summed E-state index contributed by atoms with van der Waals surface area (Å²) in [6.45, 7) is 12.1. The van der Waals surface area contributed by atoms with Crippen molar-refractivity contribution < 1.29 is 4.79 Å². The topological polar surface area (TPSA) is 41.4 Å². The van der Waals surface area contributed by atoms with Gasteiger partial charge in [0.25, 0.3) is 5.91 Å². The Morgan fingerprint density at radius 2 is 1.72 bits per heavy atom. The molecule has 3 rings (SSSR count). The predicted octanol–water partition coefficient (Wildman–Crippen LogP) is 4.45. The summed E-state index contributed by atoms with van der Waals surface area (Å²) in [5, 5.41) is 2.34. The molecule has 29 heavy (non-hydrogen) atoms. The Kier molecular flexibility index (Phi) is 6.70. The van der Waals surface area contributed by atoms with Gasteiger partial charge in [0, 0.05) is 31.7 Å². The summed E-state index contributed by atoms with van der Waals surface area (Å²) in [5.41, 5.74) is 2.57. The highest BCUT2D eigenvalue weighted by Gasteiger charge is 2.25. The zero-order chi connectivity index (χ0) is 21.0. The molecule has 1 amide bonds. The van der Waals surface area contributed by atoms with Gasteiger partial charge in [-0.3, -0.25) is 4.79 Å². The quantitative estimate of drug-likeness (QED) is 0.569. The van der Waals surface area contributed by atoms with E-state index < -0.39 is 0 Å². The van der Waals surface area contributed by atoms with Gasteiger partial charge in [0.1, 0.15) is 11.5 Å². The average Bonchev–Trinajstić information content (AvgIpc) is 3.09. The van der Waals surface area contributed by atoms with Crippen molar-refractivity contribution in [3.63, 3.8) is 0 Å². The van der Waals surface area contributed by atoms with Gasteiger partial charge in [0.15, 0.2) is 0 Å². The zero-order valence-electron chi connectivity index (χ0n) is 18.3. The molecule has 1 heterocycles. The Morgan fingerprint density at radius 1 is 1.00 bits per heavy atom. The van der Waals surface area contributed by atoms with Gasteiger partial charge >= 0.3 is 0 Å². The van der Waals surface area contributed by atoms with Crippen molar-refractivity contribution in [2.24, 2.45) is 0 Å². The first kappa shape index (κ1) is 21.1. The van der Waals surface area contributed by atoms with Crippen molar-refractivity contribution in [1.82, 2.24) is 19.4 Å². The van der Waals surface area contributed by atoms with Gasteiger partial charge in [0.05, 0.1) is 5.69 Å². The highest BCUT2D eigenvalue weighted by molar-refractivity contribution is 5.98. The Morgan fingerprint density at radius 3 is 2.41 bits per heavy atom. The number of fused-ring (bicyclic) bond motifs is 1. The molecule has 0 aliphatic carbocycles. The molecule has 154 valence electrons. The summed E-state index contributed by atoms with van der Waals surface area (Å²) in [6, 6.07) is 14.6. The number of hydrogen-bond donors (Lipinski definition) is 0. The number of nitrogens with zero attached hydrogens (tertiary/aromatic N) is 4. The number of rotatable bonds is 8. The van der Waals surface area contributed by atoms with Crippen LogP contribution in [0.15, 0.2) is 42.5 Å². The molecule has 0 saturated carbocycles. The SMILES string of the molecule is CCN(C)CCN(CC)C(=O)c1c(C)nc(-c2cccc3ccccc23)n1CC. The number of aryl methyl sites for hydroxylation is 1. The summed E-state index contributed by atoms with van der Waals surface area (Å²) in [6.07, 6.45) is 0. The first-order valence-electron chi connectivity index (χ1n) is 10.5. The van der Waals surface area contributed by atoms with Gasteiger partial charge in [-0.15, -0.1) is 0 Å². The Labute approximate surface area is 174 Å². The van der Waals surface area contributed by atoms with E-state index >= 15 is 0 Å². The van der Waals surface area contributed by atoms with Gasteiger partial charge < -0.3 is 14.4 Å². The van der Waals surface area contributed by atoms with E-state index in [9.17, 15) is 4.79 Å². The van der Waals surface area contributed by atoms with Crippen LogP contribution in [0.25, 0.3) is 22.2 Å². The first-order chi connectivity index (χ1) is 14.0. The molecule has 0 spiro atoms. The number of imidazole rings is 1. The van der Waals surface area contributed by atoms with Crippen molar-refractivity contribution in [3.8, 4) is 11.4 Å². The third-order valence-electron chi connectivity index (χ3n) is 5.65. The number of benzene rings is 2. The van der Waals surface area contributed by atoms with Gasteiger partial charge in [-0.25, -0.2) is 4.98 Å². The molecule has 0 bridgehead atoms. The third-order valence-corrected chi connectivity index (χ3v) is 5.65. The summed E-state index contributed by atoms with van der Waals surface area (Å²) < 4.78 is 2.08. The molecule has 1 aromatic heterocycles. The van der Waals surface area contributed by atoms with Crippen LogP contribution in [0.5, 0.6) is 0 Å². The molecule has 0 unspecified atom stereocenters. The molecule has 0 aliphatic rings. The number of carbonyl (C=O) groups is 1. The highest BCUT2D eigenvalue weighted by atomic mass is 16.2. The maximum atomic E-state index is 13.4. The summed E-state index contributed by atoms with van der Waals surface area (Å²) in [5.74, 6) is 0.933. The number of aromatic nitrogens is 2. The highest BCUT2D eigenvalue weighted by Crippen LogP contribution is 2.30. The van der Waals surface area contributed by atoms with Gasteiger partial charge in [-0.1, -0.05) is 49.4 Å². The van der Waals surface area contributed by atoms with Crippen molar-refractivity contribution in [2.45, 2.75) is 34.2 Å². The normalized spacial score (nSPS) is 11.4. The first-order valence-corrected chi connectivity index (χ1v) is 10.5. The van der Waals surface area contributed by atoms with E-state index in [0.717, 1.165) is 42.1 Å². The van der Waals surface area contributed by atoms with E-state index in [1.165, 1.54) is 5.39 Å².